The van der Waals surface area contributed by atoms with E-state index in [0.717, 1.165) is 6.42 Å². The maximum Gasteiger partial charge on any atom is 0.391 e. The normalized spacial score (nSPS) is 22.3. The molecule has 1 saturated carbocycles. The second-order valence-corrected chi connectivity index (χ2v) is 7.75. The first-order chi connectivity index (χ1) is 14.3. The van der Waals surface area contributed by atoms with Gasteiger partial charge in [-0.05, 0) is 50.7 Å². The summed E-state index contributed by atoms with van der Waals surface area (Å²) >= 11 is 0. The third-order valence-corrected chi connectivity index (χ3v) is 5.73. The Hall–Kier alpha value is -2.58. The molecule has 6 nitrogen and oxygen atoms in total. The van der Waals surface area contributed by atoms with Crippen LogP contribution in [0.4, 0.5) is 13.2 Å². The Labute approximate surface area is 173 Å². The Morgan fingerprint density at radius 2 is 1.67 bits per heavy atom. The van der Waals surface area contributed by atoms with Crippen molar-refractivity contribution in [2.24, 2.45) is 10.9 Å². The summed E-state index contributed by atoms with van der Waals surface area (Å²) in [5.41, 5.74) is 0.899. The zero-order valence-electron chi connectivity index (χ0n) is 17.0. The number of carbonyl (C=O) groups excluding carboxylic acids is 2. The first-order valence-electron chi connectivity index (χ1n) is 10.3. The molecule has 1 aromatic rings. The van der Waals surface area contributed by atoms with Gasteiger partial charge in [0, 0.05) is 26.2 Å². The minimum absolute atomic E-state index is 0.0202. The molecule has 164 valence electrons. The number of nitrogens with one attached hydrogen (secondary N) is 2. The number of fused-ring (bicyclic) bond motifs is 1. The Balaban J connectivity index is 1.35. The van der Waals surface area contributed by atoms with Gasteiger partial charge in [-0.15, -0.1) is 0 Å². The lowest BCUT2D eigenvalue weighted by Gasteiger charge is -2.31. The van der Waals surface area contributed by atoms with Crippen molar-refractivity contribution >= 4 is 17.8 Å². The van der Waals surface area contributed by atoms with E-state index in [1.165, 1.54) is 4.90 Å². The van der Waals surface area contributed by atoms with E-state index >= 15 is 0 Å². The minimum atomic E-state index is -4.11. The van der Waals surface area contributed by atoms with Crippen molar-refractivity contribution in [2.45, 2.75) is 50.7 Å². The van der Waals surface area contributed by atoms with Gasteiger partial charge in [0.15, 0.2) is 5.96 Å². The molecule has 9 heteroatoms. The minimum Gasteiger partial charge on any atom is -0.356 e. The maximum atomic E-state index is 12.8. The second-order valence-electron chi connectivity index (χ2n) is 7.75. The summed E-state index contributed by atoms with van der Waals surface area (Å²) in [6.45, 7) is 0.933. The predicted octanol–water partition coefficient (Wildman–Crippen LogP) is 3.35. The Kier molecular flexibility index (Phi) is 6.99. The van der Waals surface area contributed by atoms with Crippen LogP contribution in [0.5, 0.6) is 0 Å². The van der Waals surface area contributed by atoms with Gasteiger partial charge in [-0.1, -0.05) is 12.1 Å². The van der Waals surface area contributed by atoms with Crippen LogP contribution in [0.3, 0.4) is 0 Å². The Morgan fingerprint density at radius 3 is 2.20 bits per heavy atom. The summed E-state index contributed by atoms with van der Waals surface area (Å²) in [5, 5.41) is 6.34. The maximum absolute atomic E-state index is 12.8. The van der Waals surface area contributed by atoms with Crippen molar-refractivity contribution in [1.82, 2.24) is 15.5 Å². The first kappa shape index (κ1) is 22.1. The van der Waals surface area contributed by atoms with E-state index in [1.54, 1.807) is 31.3 Å². The average molecular weight is 424 g/mol. The molecule has 0 aromatic heterocycles. The number of hydrogen-bond acceptors (Lipinski definition) is 3. The zero-order chi connectivity index (χ0) is 21.7. The molecule has 1 aliphatic heterocycles. The molecule has 30 heavy (non-hydrogen) atoms. The van der Waals surface area contributed by atoms with Crippen LogP contribution in [-0.2, 0) is 0 Å². The van der Waals surface area contributed by atoms with Gasteiger partial charge in [0.1, 0.15) is 0 Å². The molecule has 1 fully saturated rings. The predicted molar refractivity (Wildman–Crippen MR) is 107 cm³/mol. The topological polar surface area (TPSA) is 73.8 Å². The Bertz CT molecular complexity index is 767. The van der Waals surface area contributed by atoms with Crippen LogP contribution in [-0.4, -0.2) is 55.0 Å². The van der Waals surface area contributed by atoms with E-state index < -0.39 is 12.1 Å². The molecule has 0 saturated heterocycles. The van der Waals surface area contributed by atoms with Crippen molar-refractivity contribution in [3.8, 4) is 0 Å². The van der Waals surface area contributed by atoms with E-state index in [-0.39, 0.29) is 30.7 Å². The number of amides is 2. The molecule has 1 aromatic carbocycles. The number of unbranched alkanes of at least 4 members (excludes halogenated alkanes) is 1. The van der Waals surface area contributed by atoms with Crippen molar-refractivity contribution < 1.29 is 22.8 Å². The smallest absolute Gasteiger partial charge is 0.356 e. The van der Waals surface area contributed by atoms with Crippen LogP contribution < -0.4 is 10.6 Å². The summed E-state index contributed by atoms with van der Waals surface area (Å²) in [5.74, 6) is -1.15. The van der Waals surface area contributed by atoms with Crippen LogP contribution in [0.1, 0.15) is 59.2 Å². The lowest BCUT2D eigenvalue weighted by Crippen LogP contribution is -2.46. The summed E-state index contributed by atoms with van der Waals surface area (Å²) in [4.78, 5) is 30.0. The number of hydrogen-bond donors (Lipinski definition) is 2. The number of imide groups is 1. The summed E-state index contributed by atoms with van der Waals surface area (Å²) < 4.78 is 38.3. The average Bonchev–Trinajstić information content (AvgIpc) is 2.97. The molecule has 2 aliphatic rings. The molecule has 0 unspecified atom stereocenters. The highest BCUT2D eigenvalue weighted by Gasteiger charge is 2.41. The third-order valence-electron chi connectivity index (χ3n) is 5.73. The molecule has 0 bridgehead atoms. The van der Waals surface area contributed by atoms with Crippen LogP contribution in [0.25, 0.3) is 0 Å². The highest BCUT2D eigenvalue weighted by Crippen LogP contribution is 2.37. The zero-order valence-corrected chi connectivity index (χ0v) is 17.0. The summed E-state index contributed by atoms with van der Waals surface area (Å²) in [6, 6.07) is 6.79. The molecule has 0 spiro atoms. The molecule has 0 radical (unpaired) electrons. The number of carbonyl (C=O) groups is 2. The summed E-state index contributed by atoms with van der Waals surface area (Å²) in [6.07, 6.45) is -1.54. The van der Waals surface area contributed by atoms with Crippen molar-refractivity contribution in [3.63, 3.8) is 0 Å². The fourth-order valence-corrected chi connectivity index (χ4v) is 4.00. The number of aliphatic imine (C=N–C) groups is 1. The highest BCUT2D eigenvalue weighted by molar-refractivity contribution is 6.21. The third kappa shape index (κ3) is 5.12. The van der Waals surface area contributed by atoms with E-state index in [0.29, 0.717) is 49.4 Å². The molecular weight excluding hydrogens is 397 g/mol. The molecule has 1 heterocycles. The van der Waals surface area contributed by atoms with Gasteiger partial charge < -0.3 is 10.6 Å². The van der Waals surface area contributed by atoms with Crippen molar-refractivity contribution in [1.29, 1.82) is 0 Å². The molecule has 2 amide bonds. The summed E-state index contributed by atoms with van der Waals surface area (Å²) in [7, 11) is 1.62. The quantitative estimate of drug-likeness (QED) is 0.318. The van der Waals surface area contributed by atoms with Crippen LogP contribution in [0.15, 0.2) is 29.3 Å². The second kappa shape index (κ2) is 9.49. The van der Waals surface area contributed by atoms with Gasteiger partial charge in [-0.2, -0.15) is 13.2 Å². The monoisotopic (exact) mass is 424 g/mol. The SMILES string of the molecule is CN=C(NCCCCN1C(=O)c2ccccc2C1=O)NC1CCC(C(F)(F)F)CC1. The van der Waals surface area contributed by atoms with E-state index in [9.17, 15) is 22.8 Å². The number of alkyl halides is 3. The van der Waals surface area contributed by atoms with Gasteiger partial charge in [0.05, 0.1) is 17.0 Å². The lowest BCUT2D eigenvalue weighted by atomic mass is 9.85. The van der Waals surface area contributed by atoms with Gasteiger partial charge in [0.25, 0.3) is 11.8 Å². The number of nitrogens with zero attached hydrogens (tertiary/aromatic N) is 2. The number of guanidine groups is 1. The molecular formula is C21H27F3N4O2. The largest absolute Gasteiger partial charge is 0.391 e. The number of rotatable bonds is 6. The fourth-order valence-electron chi connectivity index (χ4n) is 4.00. The highest BCUT2D eigenvalue weighted by atomic mass is 19.4. The number of benzene rings is 1. The molecule has 0 atom stereocenters. The van der Waals surface area contributed by atoms with E-state index in [1.807, 2.05) is 0 Å². The first-order valence-corrected chi connectivity index (χ1v) is 10.3. The van der Waals surface area contributed by atoms with Crippen molar-refractivity contribution in [2.75, 3.05) is 20.1 Å². The lowest BCUT2D eigenvalue weighted by molar-refractivity contribution is -0.182. The Morgan fingerprint density at radius 1 is 1.07 bits per heavy atom. The molecule has 2 N–H and O–H groups in total. The van der Waals surface area contributed by atoms with Crippen molar-refractivity contribution in [3.05, 3.63) is 35.4 Å². The number of halogens is 3. The van der Waals surface area contributed by atoms with E-state index in [2.05, 4.69) is 15.6 Å². The molecule has 3 rings (SSSR count). The van der Waals surface area contributed by atoms with Gasteiger partial charge >= 0.3 is 6.18 Å². The van der Waals surface area contributed by atoms with Gasteiger partial charge in [-0.25, -0.2) is 0 Å². The van der Waals surface area contributed by atoms with Crippen LogP contribution in [0, 0.1) is 5.92 Å². The van der Waals surface area contributed by atoms with E-state index in [4.69, 9.17) is 0 Å². The van der Waals surface area contributed by atoms with Crippen LogP contribution in [0.2, 0.25) is 0 Å². The standard InChI is InChI=1S/C21H27F3N4O2/c1-25-20(27-15-10-8-14(9-11-15)21(22,23)24)26-12-4-5-13-28-18(29)16-6-2-3-7-17(16)19(28)30/h2-3,6-7,14-15H,4-5,8-13H2,1H3,(H2,25,26,27). The van der Waals surface area contributed by atoms with Crippen LogP contribution >= 0.6 is 0 Å². The van der Waals surface area contributed by atoms with Gasteiger partial charge in [-0.3, -0.25) is 19.5 Å². The molecule has 1 aliphatic carbocycles. The van der Waals surface area contributed by atoms with Gasteiger partial charge in [0.2, 0.25) is 0 Å². The fraction of sp³-hybridized carbons (Fsp3) is 0.571.